The van der Waals surface area contributed by atoms with Crippen molar-refractivity contribution in [3.8, 4) is 0 Å². The summed E-state index contributed by atoms with van der Waals surface area (Å²) in [6.07, 6.45) is 2.29. The summed E-state index contributed by atoms with van der Waals surface area (Å²) in [4.78, 5) is 1.72. The standard InChI is InChI=1S/C10H20F2N2/c1-8(9(2)4-5-9)14(3)7-10(11,12)6-13/h8H,4-7,13H2,1-3H3. The number of nitrogens with two attached hydrogens (primary N) is 1. The molecule has 0 heterocycles. The molecule has 0 spiro atoms. The van der Waals surface area contributed by atoms with Crippen molar-refractivity contribution in [1.82, 2.24) is 4.90 Å². The molecule has 1 aliphatic carbocycles. The maximum Gasteiger partial charge on any atom is 0.272 e. The summed E-state index contributed by atoms with van der Waals surface area (Å²) in [5.74, 6) is -2.76. The van der Waals surface area contributed by atoms with Crippen LogP contribution in [0.4, 0.5) is 8.78 Å². The van der Waals surface area contributed by atoms with Crippen molar-refractivity contribution in [3.05, 3.63) is 0 Å². The lowest BCUT2D eigenvalue weighted by Crippen LogP contribution is -2.45. The third-order valence-electron chi connectivity index (χ3n) is 3.49. The largest absolute Gasteiger partial charge is 0.325 e. The predicted octanol–water partition coefficient (Wildman–Crippen LogP) is 1.70. The molecule has 1 aliphatic rings. The molecule has 0 saturated heterocycles. The molecule has 1 fully saturated rings. The third kappa shape index (κ3) is 2.64. The highest BCUT2D eigenvalue weighted by molar-refractivity contribution is 4.97. The van der Waals surface area contributed by atoms with E-state index in [2.05, 4.69) is 6.92 Å². The van der Waals surface area contributed by atoms with Crippen molar-refractivity contribution < 1.29 is 8.78 Å². The van der Waals surface area contributed by atoms with Gasteiger partial charge in [0, 0.05) is 6.04 Å². The number of halogens is 2. The van der Waals surface area contributed by atoms with Gasteiger partial charge in [0.2, 0.25) is 0 Å². The second-order valence-corrected chi connectivity index (χ2v) is 4.81. The summed E-state index contributed by atoms with van der Waals surface area (Å²) in [6.45, 7) is 3.36. The Bertz CT molecular complexity index is 202. The first-order chi connectivity index (χ1) is 6.31. The zero-order chi connectivity index (χ0) is 11.0. The van der Waals surface area contributed by atoms with Crippen LogP contribution in [-0.4, -0.2) is 37.0 Å². The highest BCUT2D eigenvalue weighted by Gasteiger charge is 2.45. The number of hydrogen-bond acceptors (Lipinski definition) is 2. The van der Waals surface area contributed by atoms with Crippen LogP contribution < -0.4 is 5.73 Å². The number of hydrogen-bond donors (Lipinski definition) is 1. The molecule has 1 unspecified atom stereocenters. The van der Waals surface area contributed by atoms with Gasteiger partial charge in [0.15, 0.2) is 0 Å². The van der Waals surface area contributed by atoms with Crippen molar-refractivity contribution in [2.45, 2.75) is 38.7 Å². The lowest BCUT2D eigenvalue weighted by atomic mass is 9.99. The molecule has 2 nitrogen and oxygen atoms in total. The first-order valence-electron chi connectivity index (χ1n) is 5.09. The van der Waals surface area contributed by atoms with Crippen molar-refractivity contribution >= 4 is 0 Å². The van der Waals surface area contributed by atoms with Gasteiger partial charge >= 0.3 is 0 Å². The molecule has 84 valence electrons. The van der Waals surface area contributed by atoms with E-state index in [-0.39, 0.29) is 18.0 Å². The Balaban J connectivity index is 2.45. The Morgan fingerprint density at radius 3 is 2.36 bits per heavy atom. The zero-order valence-corrected chi connectivity index (χ0v) is 9.19. The summed E-state index contributed by atoms with van der Waals surface area (Å²) in [7, 11) is 1.75. The van der Waals surface area contributed by atoms with Crippen molar-refractivity contribution in [1.29, 1.82) is 0 Å². The van der Waals surface area contributed by atoms with E-state index in [1.807, 2.05) is 6.92 Å². The smallest absolute Gasteiger partial charge is 0.272 e. The van der Waals surface area contributed by atoms with Gasteiger partial charge in [0.1, 0.15) is 0 Å². The number of nitrogens with zero attached hydrogens (tertiary/aromatic N) is 1. The summed E-state index contributed by atoms with van der Waals surface area (Å²) < 4.78 is 26.0. The van der Waals surface area contributed by atoms with E-state index in [4.69, 9.17) is 5.73 Å². The summed E-state index contributed by atoms with van der Waals surface area (Å²) in [6, 6.07) is 0.208. The molecule has 0 bridgehead atoms. The minimum atomic E-state index is -2.76. The predicted molar refractivity (Wildman–Crippen MR) is 53.4 cm³/mol. The molecule has 2 N–H and O–H groups in total. The van der Waals surface area contributed by atoms with Crippen LogP contribution in [0.25, 0.3) is 0 Å². The monoisotopic (exact) mass is 206 g/mol. The van der Waals surface area contributed by atoms with Gasteiger partial charge in [-0.05, 0) is 32.2 Å². The van der Waals surface area contributed by atoms with E-state index < -0.39 is 12.5 Å². The van der Waals surface area contributed by atoms with E-state index in [0.29, 0.717) is 0 Å². The van der Waals surface area contributed by atoms with Gasteiger partial charge in [-0.3, -0.25) is 4.90 Å². The molecule has 1 rings (SSSR count). The van der Waals surface area contributed by atoms with Crippen LogP contribution in [0.3, 0.4) is 0 Å². The van der Waals surface area contributed by atoms with Gasteiger partial charge < -0.3 is 5.73 Å². The first kappa shape index (κ1) is 11.9. The second-order valence-electron chi connectivity index (χ2n) is 4.81. The molecular weight excluding hydrogens is 186 g/mol. The Labute approximate surface area is 84.4 Å². The van der Waals surface area contributed by atoms with Gasteiger partial charge in [0.05, 0.1) is 13.1 Å². The molecule has 1 atom stereocenters. The van der Waals surface area contributed by atoms with Crippen LogP contribution in [0, 0.1) is 5.41 Å². The molecule has 0 aliphatic heterocycles. The molecule has 0 aromatic rings. The Morgan fingerprint density at radius 2 is 2.00 bits per heavy atom. The summed E-state index contributed by atoms with van der Waals surface area (Å²) in [5.41, 5.74) is 5.25. The molecule has 0 aromatic carbocycles. The second kappa shape index (κ2) is 3.74. The summed E-state index contributed by atoms with van der Waals surface area (Å²) in [5, 5.41) is 0. The Morgan fingerprint density at radius 1 is 1.50 bits per heavy atom. The Kier molecular flexibility index (Phi) is 3.17. The fourth-order valence-electron chi connectivity index (χ4n) is 1.71. The maximum atomic E-state index is 13.0. The fourth-order valence-corrected chi connectivity index (χ4v) is 1.71. The minimum Gasteiger partial charge on any atom is -0.325 e. The highest BCUT2D eigenvalue weighted by atomic mass is 19.3. The fraction of sp³-hybridized carbons (Fsp3) is 1.00. The quantitative estimate of drug-likeness (QED) is 0.742. The number of rotatable bonds is 5. The van der Waals surface area contributed by atoms with Crippen LogP contribution in [-0.2, 0) is 0 Å². The van der Waals surface area contributed by atoms with E-state index >= 15 is 0 Å². The van der Waals surface area contributed by atoms with Crippen molar-refractivity contribution in [2.75, 3.05) is 20.1 Å². The van der Waals surface area contributed by atoms with Gasteiger partial charge in [0.25, 0.3) is 5.92 Å². The van der Waals surface area contributed by atoms with Crippen LogP contribution in [0.1, 0.15) is 26.7 Å². The average molecular weight is 206 g/mol. The Hall–Kier alpha value is -0.220. The van der Waals surface area contributed by atoms with Crippen molar-refractivity contribution in [3.63, 3.8) is 0 Å². The van der Waals surface area contributed by atoms with Gasteiger partial charge in [-0.25, -0.2) is 8.78 Å². The lowest BCUT2D eigenvalue weighted by Gasteiger charge is -2.32. The minimum absolute atomic E-state index is 0.208. The van der Waals surface area contributed by atoms with Crippen LogP contribution in [0.2, 0.25) is 0 Å². The molecule has 14 heavy (non-hydrogen) atoms. The van der Waals surface area contributed by atoms with Crippen LogP contribution in [0.15, 0.2) is 0 Å². The van der Waals surface area contributed by atoms with E-state index in [9.17, 15) is 8.78 Å². The van der Waals surface area contributed by atoms with Crippen LogP contribution in [0.5, 0.6) is 0 Å². The lowest BCUT2D eigenvalue weighted by molar-refractivity contribution is -0.0315. The van der Waals surface area contributed by atoms with E-state index in [0.717, 1.165) is 12.8 Å². The average Bonchev–Trinajstić information content (AvgIpc) is 2.83. The zero-order valence-electron chi connectivity index (χ0n) is 9.19. The van der Waals surface area contributed by atoms with Crippen molar-refractivity contribution in [2.24, 2.45) is 11.1 Å². The van der Waals surface area contributed by atoms with Crippen LogP contribution >= 0.6 is 0 Å². The third-order valence-corrected chi connectivity index (χ3v) is 3.49. The summed E-state index contributed by atoms with van der Waals surface area (Å²) >= 11 is 0. The first-order valence-corrected chi connectivity index (χ1v) is 5.09. The highest BCUT2D eigenvalue weighted by Crippen LogP contribution is 2.49. The van der Waals surface area contributed by atoms with Gasteiger partial charge in [-0.15, -0.1) is 0 Å². The topological polar surface area (TPSA) is 29.3 Å². The normalized spacial score (nSPS) is 22.5. The molecule has 4 heteroatoms. The van der Waals surface area contributed by atoms with Gasteiger partial charge in [-0.1, -0.05) is 6.92 Å². The SMILES string of the molecule is CC(N(C)CC(F)(F)CN)C1(C)CC1. The number of alkyl halides is 2. The molecule has 0 radical (unpaired) electrons. The molecule has 0 aromatic heterocycles. The maximum absolute atomic E-state index is 13.0. The molecule has 1 saturated carbocycles. The molecule has 0 amide bonds. The van der Waals surface area contributed by atoms with E-state index in [1.165, 1.54) is 0 Å². The van der Waals surface area contributed by atoms with E-state index in [1.54, 1.807) is 11.9 Å². The molecular formula is C10H20F2N2. The van der Waals surface area contributed by atoms with Gasteiger partial charge in [-0.2, -0.15) is 0 Å².